The molecule has 2 aromatic rings. The molecule has 4 nitrogen and oxygen atoms in total. The average Bonchev–Trinajstić information content (AvgIpc) is 2.51. The molecular formula is C9H14N4. The minimum atomic E-state index is 0.745. The van der Waals surface area contributed by atoms with Crippen LogP contribution in [0.25, 0.3) is 11.0 Å². The Balaban J connectivity index is 0.000000396. The van der Waals surface area contributed by atoms with Crippen LogP contribution < -0.4 is 0 Å². The van der Waals surface area contributed by atoms with Crippen molar-refractivity contribution in [2.75, 3.05) is 0 Å². The van der Waals surface area contributed by atoms with Crippen molar-refractivity contribution in [3.8, 4) is 0 Å². The quantitative estimate of drug-likeness (QED) is 0.671. The normalized spacial score (nSPS) is 9.54. The third kappa shape index (κ3) is 1.83. The number of nitrogens with one attached hydrogen (secondary N) is 1. The van der Waals surface area contributed by atoms with E-state index in [9.17, 15) is 0 Å². The van der Waals surface area contributed by atoms with Crippen LogP contribution >= 0.6 is 0 Å². The Morgan fingerprint density at radius 3 is 2.62 bits per heavy atom. The fourth-order valence-corrected chi connectivity index (χ4v) is 1.00. The first-order chi connectivity index (χ1) is 6.27. The number of aromatic nitrogens is 4. The number of H-pyrrole nitrogens is 1. The molecule has 0 amide bonds. The molecule has 0 aliphatic heterocycles. The Bertz CT molecular complexity index is 391. The second-order valence-electron chi connectivity index (χ2n) is 2.50. The maximum atomic E-state index is 4.14. The molecule has 0 aliphatic carbocycles. The van der Waals surface area contributed by atoms with Crippen molar-refractivity contribution in [2.24, 2.45) is 0 Å². The van der Waals surface area contributed by atoms with Crippen LogP contribution in [0.5, 0.6) is 0 Å². The molecule has 13 heavy (non-hydrogen) atoms. The third-order valence-corrected chi connectivity index (χ3v) is 1.62. The lowest BCUT2D eigenvalue weighted by atomic mass is 10.3. The Kier molecular flexibility index (Phi) is 2.95. The highest BCUT2D eigenvalue weighted by Crippen LogP contribution is 2.10. The molecule has 0 fully saturated rings. The van der Waals surface area contributed by atoms with Crippen LogP contribution in [0.4, 0.5) is 0 Å². The van der Waals surface area contributed by atoms with E-state index in [4.69, 9.17) is 0 Å². The third-order valence-electron chi connectivity index (χ3n) is 1.62. The summed E-state index contributed by atoms with van der Waals surface area (Å²) in [5, 5.41) is 7.85. The highest BCUT2D eigenvalue weighted by atomic mass is 15.2. The minimum Gasteiger partial charge on any atom is -0.280 e. The summed E-state index contributed by atoms with van der Waals surface area (Å²) in [7, 11) is 0. The van der Waals surface area contributed by atoms with E-state index in [0.29, 0.717) is 0 Å². The summed E-state index contributed by atoms with van der Waals surface area (Å²) in [6.45, 7) is 7.80. The lowest BCUT2D eigenvalue weighted by Gasteiger charge is -1.89. The van der Waals surface area contributed by atoms with E-state index in [1.807, 2.05) is 27.7 Å². The second kappa shape index (κ2) is 3.98. The van der Waals surface area contributed by atoms with E-state index in [1.54, 1.807) is 6.20 Å². The van der Waals surface area contributed by atoms with Crippen molar-refractivity contribution >= 4 is 11.0 Å². The lowest BCUT2D eigenvalue weighted by Crippen LogP contribution is -1.85. The highest BCUT2D eigenvalue weighted by Gasteiger charge is 2.01. The van der Waals surface area contributed by atoms with Crippen LogP contribution in [-0.2, 0) is 0 Å². The molecule has 0 atom stereocenters. The van der Waals surface area contributed by atoms with Crippen molar-refractivity contribution < 1.29 is 0 Å². The molecule has 1 N–H and O–H groups in total. The first kappa shape index (κ1) is 9.64. The van der Waals surface area contributed by atoms with Gasteiger partial charge in [0.25, 0.3) is 0 Å². The zero-order valence-electron chi connectivity index (χ0n) is 8.42. The second-order valence-corrected chi connectivity index (χ2v) is 2.50. The van der Waals surface area contributed by atoms with Gasteiger partial charge in [0.15, 0.2) is 5.65 Å². The summed E-state index contributed by atoms with van der Waals surface area (Å²) in [6, 6.07) is 0. The SMILES string of the molecule is CC.Cc1ncc2c(C)[nH]nc2n1. The topological polar surface area (TPSA) is 54.5 Å². The molecule has 4 heteroatoms. The van der Waals surface area contributed by atoms with E-state index in [2.05, 4.69) is 20.2 Å². The number of aryl methyl sites for hydroxylation is 2. The predicted octanol–water partition coefficient (Wildman–Crippen LogP) is 2.00. The van der Waals surface area contributed by atoms with E-state index in [1.165, 1.54) is 0 Å². The lowest BCUT2D eigenvalue weighted by molar-refractivity contribution is 1.03. The van der Waals surface area contributed by atoms with Gasteiger partial charge in [-0.25, -0.2) is 9.97 Å². The van der Waals surface area contributed by atoms with Gasteiger partial charge in [-0.05, 0) is 13.8 Å². The van der Waals surface area contributed by atoms with Gasteiger partial charge in [0.05, 0.1) is 5.39 Å². The van der Waals surface area contributed by atoms with Crippen molar-refractivity contribution in [1.82, 2.24) is 20.2 Å². The van der Waals surface area contributed by atoms with Crippen molar-refractivity contribution in [3.05, 3.63) is 17.7 Å². The van der Waals surface area contributed by atoms with Gasteiger partial charge in [-0.1, -0.05) is 13.8 Å². The summed E-state index contributed by atoms with van der Waals surface area (Å²) < 4.78 is 0. The predicted molar refractivity (Wildman–Crippen MR) is 52.5 cm³/mol. The average molecular weight is 178 g/mol. The molecule has 70 valence electrons. The van der Waals surface area contributed by atoms with E-state index in [0.717, 1.165) is 22.6 Å². The zero-order chi connectivity index (χ0) is 9.84. The molecule has 0 saturated heterocycles. The number of hydrogen-bond acceptors (Lipinski definition) is 3. The number of hydrogen-bond donors (Lipinski definition) is 1. The fourth-order valence-electron chi connectivity index (χ4n) is 1.00. The van der Waals surface area contributed by atoms with Crippen LogP contribution in [0, 0.1) is 13.8 Å². The number of rotatable bonds is 0. The maximum Gasteiger partial charge on any atom is 0.184 e. The van der Waals surface area contributed by atoms with Crippen LogP contribution in [0.15, 0.2) is 6.20 Å². The standard InChI is InChI=1S/C7H8N4.C2H6/c1-4-6-3-8-5(2)9-7(6)11-10-4;1-2/h3H,1-2H3,(H,8,9,10,11);1-2H3. The van der Waals surface area contributed by atoms with Gasteiger partial charge in [-0.2, -0.15) is 5.10 Å². The van der Waals surface area contributed by atoms with Crippen molar-refractivity contribution in [2.45, 2.75) is 27.7 Å². The molecular weight excluding hydrogens is 164 g/mol. The van der Waals surface area contributed by atoms with Crippen LogP contribution in [0.1, 0.15) is 25.4 Å². The Morgan fingerprint density at radius 2 is 1.92 bits per heavy atom. The van der Waals surface area contributed by atoms with Gasteiger partial charge in [-0.15, -0.1) is 0 Å². The van der Waals surface area contributed by atoms with E-state index in [-0.39, 0.29) is 0 Å². The Labute approximate surface area is 77.4 Å². The number of fused-ring (bicyclic) bond motifs is 1. The zero-order valence-corrected chi connectivity index (χ0v) is 8.42. The summed E-state index contributed by atoms with van der Waals surface area (Å²) in [6.07, 6.45) is 1.79. The molecule has 2 heterocycles. The number of aromatic amines is 1. The van der Waals surface area contributed by atoms with Crippen molar-refractivity contribution in [1.29, 1.82) is 0 Å². The van der Waals surface area contributed by atoms with E-state index < -0.39 is 0 Å². The van der Waals surface area contributed by atoms with Gasteiger partial charge in [0.2, 0.25) is 0 Å². The summed E-state index contributed by atoms with van der Waals surface area (Å²) in [5.41, 5.74) is 1.76. The highest BCUT2D eigenvalue weighted by molar-refractivity contribution is 5.76. The summed E-state index contributed by atoms with van der Waals surface area (Å²) in [5.74, 6) is 0.754. The molecule has 0 bridgehead atoms. The molecule has 0 radical (unpaired) electrons. The van der Waals surface area contributed by atoms with Gasteiger partial charge < -0.3 is 0 Å². The molecule has 0 aromatic carbocycles. The molecule has 2 aromatic heterocycles. The molecule has 0 aliphatic rings. The summed E-state index contributed by atoms with van der Waals surface area (Å²) >= 11 is 0. The molecule has 0 spiro atoms. The van der Waals surface area contributed by atoms with Gasteiger partial charge in [0.1, 0.15) is 5.82 Å². The maximum absolute atomic E-state index is 4.14. The van der Waals surface area contributed by atoms with Gasteiger partial charge in [-0.3, -0.25) is 5.10 Å². The monoisotopic (exact) mass is 178 g/mol. The minimum absolute atomic E-state index is 0.745. The van der Waals surface area contributed by atoms with E-state index >= 15 is 0 Å². The molecule has 0 saturated carbocycles. The molecule has 0 unspecified atom stereocenters. The number of nitrogens with zero attached hydrogens (tertiary/aromatic N) is 3. The van der Waals surface area contributed by atoms with Crippen LogP contribution in [0.3, 0.4) is 0 Å². The molecule has 2 rings (SSSR count). The van der Waals surface area contributed by atoms with Crippen LogP contribution in [-0.4, -0.2) is 20.2 Å². The first-order valence-electron chi connectivity index (χ1n) is 4.41. The van der Waals surface area contributed by atoms with Crippen LogP contribution in [0.2, 0.25) is 0 Å². The Morgan fingerprint density at radius 1 is 1.23 bits per heavy atom. The first-order valence-corrected chi connectivity index (χ1v) is 4.41. The van der Waals surface area contributed by atoms with Gasteiger partial charge in [0, 0.05) is 11.9 Å². The fraction of sp³-hybridized carbons (Fsp3) is 0.444. The van der Waals surface area contributed by atoms with Gasteiger partial charge >= 0.3 is 0 Å². The Hall–Kier alpha value is -1.45. The summed E-state index contributed by atoms with van der Waals surface area (Å²) in [4.78, 5) is 8.21. The van der Waals surface area contributed by atoms with Crippen molar-refractivity contribution in [3.63, 3.8) is 0 Å². The smallest absolute Gasteiger partial charge is 0.184 e. The largest absolute Gasteiger partial charge is 0.280 e.